The first-order chi connectivity index (χ1) is 8.66. The average molecular weight is 247 g/mol. The summed E-state index contributed by atoms with van der Waals surface area (Å²) in [6.07, 6.45) is 0. The van der Waals surface area contributed by atoms with Gasteiger partial charge in [-0.2, -0.15) is 4.98 Å². The highest BCUT2D eigenvalue weighted by atomic mass is 16.5. The number of hydrogen-bond acceptors (Lipinski definition) is 5. The lowest BCUT2D eigenvalue weighted by atomic mass is 10.1. The van der Waals surface area contributed by atoms with Gasteiger partial charge in [-0.3, -0.25) is 0 Å². The van der Waals surface area contributed by atoms with Crippen molar-refractivity contribution >= 4 is 5.97 Å². The van der Waals surface area contributed by atoms with Crippen LogP contribution in [0.1, 0.15) is 27.6 Å². The molecular formula is C12H13N3O3. The van der Waals surface area contributed by atoms with Gasteiger partial charge in [0.1, 0.15) is 0 Å². The first kappa shape index (κ1) is 12.3. The number of aryl methyl sites for hydroxylation is 1. The van der Waals surface area contributed by atoms with E-state index in [9.17, 15) is 4.79 Å². The fraction of sp³-hybridized carbons (Fsp3) is 0.250. The van der Waals surface area contributed by atoms with Crippen LogP contribution in [0.5, 0.6) is 0 Å². The molecule has 0 fully saturated rings. The Morgan fingerprint density at radius 2 is 2.17 bits per heavy atom. The maximum absolute atomic E-state index is 11.0. The molecule has 1 aromatic heterocycles. The number of rotatable bonds is 5. The van der Waals surface area contributed by atoms with Crippen LogP contribution in [0.3, 0.4) is 0 Å². The molecule has 18 heavy (non-hydrogen) atoms. The third kappa shape index (κ3) is 2.92. The molecule has 0 unspecified atom stereocenters. The van der Waals surface area contributed by atoms with Crippen LogP contribution in [0, 0.1) is 6.92 Å². The monoisotopic (exact) mass is 247 g/mol. The number of nitrogens with zero attached hydrogens (tertiary/aromatic N) is 2. The van der Waals surface area contributed by atoms with Crippen molar-refractivity contribution in [3.63, 3.8) is 0 Å². The molecule has 6 heteroatoms. The van der Waals surface area contributed by atoms with E-state index in [4.69, 9.17) is 9.63 Å². The zero-order chi connectivity index (χ0) is 13.0. The molecule has 2 N–H and O–H groups in total. The molecule has 0 saturated heterocycles. The molecule has 2 aromatic rings. The molecule has 0 atom stereocenters. The summed E-state index contributed by atoms with van der Waals surface area (Å²) in [7, 11) is 0. The van der Waals surface area contributed by atoms with Crippen LogP contribution < -0.4 is 5.32 Å². The molecule has 1 aromatic carbocycles. The molecule has 6 nitrogen and oxygen atoms in total. The summed E-state index contributed by atoms with van der Waals surface area (Å²) in [5.41, 5.74) is 1.03. The molecule has 0 spiro atoms. The highest BCUT2D eigenvalue weighted by Gasteiger charge is 2.08. The summed E-state index contributed by atoms with van der Waals surface area (Å²) in [6, 6.07) is 6.87. The highest BCUT2D eigenvalue weighted by Crippen LogP contribution is 2.08. The molecule has 0 bridgehead atoms. The third-order valence-electron chi connectivity index (χ3n) is 2.42. The first-order valence-electron chi connectivity index (χ1n) is 5.48. The molecule has 0 amide bonds. The van der Waals surface area contributed by atoms with Gasteiger partial charge < -0.3 is 14.9 Å². The minimum Gasteiger partial charge on any atom is -0.478 e. The summed E-state index contributed by atoms with van der Waals surface area (Å²) < 4.78 is 4.83. The fourth-order valence-electron chi connectivity index (χ4n) is 1.61. The van der Waals surface area contributed by atoms with Crippen molar-refractivity contribution < 1.29 is 14.4 Å². The summed E-state index contributed by atoms with van der Waals surface area (Å²) in [5.74, 6) is 0.140. The molecule has 0 radical (unpaired) electrons. The van der Waals surface area contributed by atoms with Crippen molar-refractivity contribution in [3.05, 3.63) is 47.1 Å². The van der Waals surface area contributed by atoms with E-state index in [1.54, 1.807) is 25.1 Å². The van der Waals surface area contributed by atoms with Crippen LogP contribution in [0.2, 0.25) is 0 Å². The van der Waals surface area contributed by atoms with Gasteiger partial charge in [0, 0.05) is 13.5 Å². The van der Waals surface area contributed by atoms with Crippen LogP contribution in [0.25, 0.3) is 0 Å². The molecule has 1 heterocycles. The lowest BCUT2D eigenvalue weighted by Crippen LogP contribution is -2.16. The summed E-state index contributed by atoms with van der Waals surface area (Å²) >= 11 is 0. The van der Waals surface area contributed by atoms with E-state index in [2.05, 4.69) is 15.5 Å². The maximum atomic E-state index is 11.0. The van der Waals surface area contributed by atoms with Gasteiger partial charge in [0.2, 0.25) is 5.89 Å². The number of benzene rings is 1. The minimum absolute atomic E-state index is 0.300. The van der Waals surface area contributed by atoms with E-state index in [0.717, 1.165) is 5.56 Å². The SMILES string of the molecule is Cc1nc(CNCc2ccccc2C(=O)O)no1. The normalized spacial score (nSPS) is 10.5. The van der Waals surface area contributed by atoms with E-state index in [-0.39, 0.29) is 0 Å². The smallest absolute Gasteiger partial charge is 0.336 e. The summed E-state index contributed by atoms with van der Waals surface area (Å²) in [5, 5.41) is 15.8. The second kappa shape index (κ2) is 5.42. The largest absolute Gasteiger partial charge is 0.478 e. The average Bonchev–Trinajstić information content (AvgIpc) is 2.75. The number of hydrogen-bond donors (Lipinski definition) is 2. The van der Waals surface area contributed by atoms with Gasteiger partial charge in [-0.15, -0.1) is 0 Å². The Balaban J connectivity index is 1.96. The van der Waals surface area contributed by atoms with Crippen LogP contribution in [0.15, 0.2) is 28.8 Å². The Morgan fingerprint density at radius 1 is 1.39 bits per heavy atom. The molecule has 94 valence electrons. The van der Waals surface area contributed by atoms with Gasteiger partial charge in [0.05, 0.1) is 12.1 Å². The minimum atomic E-state index is -0.928. The lowest BCUT2D eigenvalue weighted by molar-refractivity contribution is 0.0695. The predicted octanol–water partition coefficient (Wildman–Crippen LogP) is 1.37. The van der Waals surface area contributed by atoms with Crippen LogP contribution in [0.4, 0.5) is 0 Å². The number of aromatic nitrogens is 2. The van der Waals surface area contributed by atoms with Crippen LogP contribution in [-0.2, 0) is 13.1 Å². The van der Waals surface area contributed by atoms with E-state index in [0.29, 0.717) is 30.4 Å². The van der Waals surface area contributed by atoms with Gasteiger partial charge in [-0.05, 0) is 11.6 Å². The molecule has 0 aliphatic heterocycles. The van der Waals surface area contributed by atoms with E-state index in [1.807, 2.05) is 6.07 Å². The van der Waals surface area contributed by atoms with E-state index < -0.39 is 5.97 Å². The zero-order valence-corrected chi connectivity index (χ0v) is 9.88. The van der Waals surface area contributed by atoms with Crippen molar-refractivity contribution in [1.29, 1.82) is 0 Å². The topological polar surface area (TPSA) is 88.2 Å². The second-order valence-corrected chi connectivity index (χ2v) is 3.80. The van der Waals surface area contributed by atoms with Gasteiger partial charge in [-0.1, -0.05) is 23.4 Å². The highest BCUT2D eigenvalue weighted by molar-refractivity contribution is 5.89. The standard InChI is InChI=1S/C12H13N3O3/c1-8-14-11(15-18-8)7-13-6-9-4-2-3-5-10(9)12(16)17/h2-5,13H,6-7H2,1H3,(H,16,17). The number of carboxylic acids is 1. The second-order valence-electron chi connectivity index (χ2n) is 3.80. The van der Waals surface area contributed by atoms with Gasteiger partial charge >= 0.3 is 5.97 Å². The molecule has 0 saturated carbocycles. The fourth-order valence-corrected chi connectivity index (χ4v) is 1.61. The quantitative estimate of drug-likeness (QED) is 0.829. The Bertz CT molecular complexity index is 551. The van der Waals surface area contributed by atoms with Crippen molar-refractivity contribution in [3.8, 4) is 0 Å². The van der Waals surface area contributed by atoms with Crippen molar-refractivity contribution in [2.45, 2.75) is 20.0 Å². The van der Waals surface area contributed by atoms with Crippen molar-refractivity contribution in [1.82, 2.24) is 15.5 Å². The molecular weight excluding hydrogens is 234 g/mol. The van der Waals surface area contributed by atoms with Gasteiger partial charge in [0.15, 0.2) is 5.82 Å². The summed E-state index contributed by atoms with van der Waals surface area (Å²) in [4.78, 5) is 15.0. The number of nitrogens with one attached hydrogen (secondary N) is 1. The van der Waals surface area contributed by atoms with E-state index >= 15 is 0 Å². The summed E-state index contributed by atoms with van der Waals surface area (Å²) in [6.45, 7) is 2.59. The van der Waals surface area contributed by atoms with Crippen LogP contribution >= 0.6 is 0 Å². The maximum Gasteiger partial charge on any atom is 0.336 e. The Kier molecular flexibility index (Phi) is 3.69. The van der Waals surface area contributed by atoms with Crippen molar-refractivity contribution in [2.75, 3.05) is 0 Å². The number of aromatic carboxylic acids is 1. The Hall–Kier alpha value is -2.21. The predicted molar refractivity (Wildman–Crippen MR) is 63.0 cm³/mol. The number of carboxylic acid groups (broad SMARTS) is 1. The zero-order valence-electron chi connectivity index (χ0n) is 9.88. The van der Waals surface area contributed by atoms with Crippen molar-refractivity contribution in [2.24, 2.45) is 0 Å². The lowest BCUT2D eigenvalue weighted by Gasteiger charge is -2.05. The Morgan fingerprint density at radius 3 is 2.83 bits per heavy atom. The number of carbonyl (C=O) groups is 1. The van der Waals surface area contributed by atoms with Gasteiger partial charge in [-0.25, -0.2) is 4.79 Å². The molecule has 0 aliphatic rings. The van der Waals surface area contributed by atoms with Crippen LogP contribution in [-0.4, -0.2) is 21.2 Å². The molecule has 2 rings (SSSR count). The van der Waals surface area contributed by atoms with Gasteiger partial charge in [0.25, 0.3) is 0 Å². The van der Waals surface area contributed by atoms with E-state index in [1.165, 1.54) is 0 Å². The molecule has 0 aliphatic carbocycles. The third-order valence-corrected chi connectivity index (χ3v) is 2.42. The first-order valence-corrected chi connectivity index (χ1v) is 5.48. The Labute approximate surface area is 104 Å².